The van der Waals surface area contributed by atoms with Crippen molar-refractivity contribution in [2.24, 2.45) is 5.92 Å². The molecule has 2 atom stereocenters. The zero-order valence-corrected chi connectivity index (χ0v) is 14.3. The van der Waals surface area contributed by atoms with E-state index in [-0.39, 0.29) is 24.4 Å². The third kappa shape index (κ3) is 4.47. The number of amides is 1. The maximum Gasteiger partial charge on any atom is 0.251 e. The molecule has 0 aliphatic carbocycles. The number of piperidine rings is 1. The summed E-state index contributed by atoms with van der Waals surface area (Å²) in [6, 6.07) is 6.02. The predicted molar refractivity (Wildman–Crippen MR) is 88.6 cm³/mol. The van der Waals surface area contributed by atoms with E-state index in [4.69, 9.17) is 0 Å². The number of hydrogen-bond donors (Lipinski definition) is 2. The van der Waals surface area contributed by atoms with Crippen molar-refractivity contribution in [1.29, 1.82) is 0 Å². The number of nitrogens with one attached hydrogen (secondary N) is 2. The van der Waals surface area contributed by atoms with Crippen molar-refractivity contribution in [3.8, 4) is 0 Å². The number of carbonyl (C=O) groups is 1. The van der Waals surface area contributed by atoms with Crippen LogP contribution >= 0.6 is 28.3 Å². The monoisotopic (exact) mass is 360 g/mol. The van der Waals surface area contributed by atoms with Gasteiger partial charge in [0.2, 0.25) is 0 Å². The van der Waals surface area contributed by atoms with Crippen LogP contribution in [0.1, 0.15) is 35.7 Å². The summed E-state index contributed by atoms with van der Waals surface area (Å²) >= 11 is 3.42. The number of halogens is 2. The molecule has 1 fully saturated rings. The SMILES string of the molecule is Cc1ccc(Br)cc1C(=O)NC(C)C1CCCNC1.Cl. The van der Waals surface area contributed by atoms with Gasteiger partial charge in [0.15, 0.2) is 0 Å². The Balaban J connectivity index is 0.00000200. The van der Waals surface area contributed by atoms with Gasteiger partial charge in [-0.2, -0.15) is 0 Å². The Hall–Kier alpha value is -0.580. The smallest absolute Gasteiger partial charge is 0.251 e. The first-order valence-electron chi connectivity index (χ1n) is 6.85. The summed E-state index contributed by atoms with van der Waals surface area (Å²) in [5, 5.41) is 6.52. The number of hydrogen-bond acceptors (Lipinski definition) is 2. The number of aryl methyl sites for hydroxylation is 1. The molecule has 2 rings (SSSR count). The first-order valence-corrected chi connectivity index (χ1v) is 7.65. The predicted octanol–water partition coefficient (Wildman–Crippen LogP) is 3.30. The molecule has 3 nitrogen and oxygen atoms in total. The van der Waals surface area contributed by atoms with E-state index in [2.05, 4.69) is 33.5 Å². The first kappa shape index (κ1) is 17.5. The van der Waals surface area contributed by atoms with Crippen LogP contribution in [0.25, 0.3) is 0 Å². The Morgan fingerprint density at radius 2 is 2.25 bits per heavy atom. The van der Waals surface area contributed by atoms with Crippen LogP contribution < -0.4 is 10.6 Å². The Bertz CT molecular complexity index is 461. The van der Waals surface area contributed by atoms with Gasteiger partial charge in [-0.1, -0.05) is 22.0 Å². The van der Waals surface area contributed by atoms with Crippen molar-refractivity contribution >= 4 is 34.2 Å². The third-order valence-corrected chi connectivity index (χ3v) is 4.34. The zero-order chi connectivity index (χ0) is 13.8. The molecule has 1 saturated heterocycles. The molecule has 20 heavy (non-hydrogen) atoms. The minimum absolute atomic E-state index is 0. The van der Waals surface area contributed by atoms with Crippen LogP contribution in [0, 0.1) is 12.8 Å². The average molecular weight is 362 g/mol. The molecule has 0 bridgehead atoms. The van der Waals surface area contributed by atoms with Gasteiger partial charge in [-0.15, -0.1) is 12.4 Å². The Morgan fingerprint density at radius 3 is 2.90 bits per heavy atom. The van der Waals surface area contributed by atoms with Crippen molar-refractivity contribution in [2.75, 3.05) is 13.1 Å². The highest BCUT2D eigenvalue weighted by Gasteiger charge is 2.22. The fourth-order valence-corrected chi connectivity index (χ4v) is 2.91. The molecule has 0 radical (unpaired) electrons. The summed E-state index contributed by atoms with van der Waals surface area (Å²) < 4.78 is 0.940. The van der Waals surface area contributed by atoms with Gasteiger partial charge in [-0.3, -0.25) is 4.79 Å². The van der Waals surface area contributed by atoms with E-state index in [0.29, 0.717) is 5.92 Å². The fraction of sp³-hybridized carbons (Fsp3) is 0.533. The maximum atomic E-state index is 12.3. The Morgan fingerprint density at radius 1 is 1.50 bits per heavy atom. The average Bonchev–Trinajstić information content (AvgIpc) is 2.42. The molecule has 5 heteroatoms. The second-order valence-corrected chi connectivity index (χ2v) is 6.24. The lowest BCUT2D eigenvalue weighted by Gasteiger charge is -2.29. The molecule has 2 N–H and O–H groups in total. The number of carbonyl (C=O) groups excluding carboxylic acids is 1. The van der Waals surface area contributed by atoms with Gasteiger partial charge in [-0.05, 0) is 63.4 Å². The zero-order valence-electron chi connectivity index (χ0n) is 11.9. The Kier molecular flexibility index (Phi) is 7.00. The lowest BCUT2D eigenvalue weighted by atomic mass is 9.92. The lowest BCUT2D eigenvalue weighted by Crippen LogP contribution is -2.44. The topological polar surface area (TPSA) is 41.1 Å². The molecule has 2 unspecified atom stereocenters. The molecule has 1 heterocycles. The van der Waals surface area contributed by atoms with E-state index < -0.39 is 0 Å². The summed E-state index contributed by atoms with van der Waals surface area (Å²) in [6.45, 7) is 6.16. The number of rotatable bonds is 3. The highest BCUT2D eigenvalue weighted by molar-refractivity contribution is 9.10. The van der Waals surface area contributed by atoms with Gasteiger partial charge < -0.3 is 10.6 Å². The van der Waals surface area contributed by atoms with E-state index in [1.54, 1.807) is 0 Å². The van der Waals surface area contributed by atoms with Crippen LogP contribution in [0.4, 0.5) is 0 Å². The van der Waals surface area contributed by atoms with E-state index >= 15 is 0 Å². The van der Waals surface area contributed by atoms with Crippen LogP contribution in [0.5, 0.6) is 0 Å². The minimum atomic E-state index is 0. The largest absolute Gasteiger partial charge is 0.349 e. The maximum absolute atomic E-state index is 12.3. The highest BCUT2D eigenvalue weighted by atomic mass is 79.9. The van der Waals surface area contributed by atoms with Crippen LogP contribution in [0.2, 0.25) is 0 Å². The summed E-state index contributed by atoms with van der Waals surface area (Å²) in [6.07, 6.45) is 2.38. The molecule has 0 spiro atoms. The molecule has 1 aromatic rings. The summed E-state index contributed by atoms with van der Waals surface area (Å²) in [5.41, 5.74) is 1.76. The van der Waals surface area contributed by atoms with Gasteiger partial charge >= 0.3 is 0 Å². The molecule has 1 aliphatic rings. The molecular weight excluding hydrogens is 340 g/mol. The first-order chi connectivity index (χ1) is 9.08. The van der Waals surface area contributed by atoms with Gasteiger partial charge in [0.05, 0.1) is 0 Å². The van der Waals surface area contributed by atoms with Crippen LogP contribution in [0.3, 0.4) is 0 Å². The van der Waals surface area contributed by atoms with E-state index in [0.717, 1.165) is 28.7 Å². The van der Waals surface area contributed by atoms with Crippen LogP contribution in [0.15, 0.2) is 22.7 Å². The van der Waals surface area contributed by atoms with Crippen molar-refractivity contribution in [1.82, 2.24) is 10.6 Å². The summed E-state index contributed by atoms with van der Waals surface area (Å²) in [7, 11) is 0. The molecule has 112 valence electrons. The Labute approximate surface area is 135 Å². The van der Waals surface area contributed by atoms with E-state index in [1.807, 2.05) is 25.1 Å². The van der Waals surface area contributed by atoms with Crippen molar-refractivity contribution in [2.45, 2.75) is 32.7 Å². The highest BCUT2D eigenvalue weighted by Crippen LogP contribution is 2.18. The second-order valence-electron chi connectivity index (χ2n) is 5.33. The fourth-order valence-electron chi connectivity index (χ4n) is 2.55. The quantitative estimate of drug-likeness (QED) is 0.867. The lowest BCUT2D eigenvalue weighted by molar-refractivity contribution is 0.0921. The van der Waals surface area contributed by atoms with Crippen LogP contribution in [-0.4, -0.2) is 25.0 Å². The molecule has 1 aromatic carbocycles. The van der Waals surface area contributed by atoms with Crippen molar-refractivity contribution in [3.63, 3.8) is 0 Å². The molecule has 0 saturated carbocycles. The van der Waals surface area contributed by atoms with Gasteiger partial charge in [-0.25, -0.2) is 0 Å². The van der Waals surface area contributed by atoms with Crippen molar-refractivity contribution < 1.29 is 4.79 Å². The van der Waals surface area contributed by atoms with E-state index in [9.17, 15) is 4.79 Å². The van der Waals surface area contributed by atoms with Gasteiger partial charge in [0.1, 0.15) is 0 Å². The van der Waals surface area contributed by atoms with Crippen LogP contribution in [-0.2, 0) is 0 Å². The standard InChI is InChI=1S/C15H21BrN2O.ClH/c1-10-5-6-13(16)8-14(10)15(19)18-11(2)12-4-3-7-17-9-12;/h5-6,8,11-12,17H,3-4,7,9H2,1-2H3,(H,18,19);1H. The molecule has 0 aromatic heterocycles. The minimum Gasteiger partial charge on any atom is -0.349 e. The molecule has 1 aliphatic heterocycles. The second kappa shape index (κ2) is 8.01. The normalized spacial score (nSPS) is 19.9. The molecule has 1 amide bonds. The summed E-state index contributed by atoms with van der Waals surface area (Å²) in [5.74, 6) is 0.557. The third-order valence-electron chi connectivity index (χ3n) is 3.85. The summed E-state index contributed by atoms with van der Waals surface area (Å²) in [4.78, 5) is 12.3. The number of benzene rings is 1. The van der Waals surface area contributed by atoms with Gasteiger partial charge in [0, 0.05) is 16.1 Å². The van der Waals surface area contributed by atoms with Gasteiger partial charge in [0.25, 0.3) is 5.91 Å². The molecular formula is C15H22BrClN2O. The van der Waals surface area contributed by atoms with Crippen molar-refractivity contribution in [3.05, 3.63) is 33.8 Å². The van der Waals surface area contributed by atoms with E-state index in [1.165, 1.54) is 12.8 Å².